The van der Waals surface area contributed by atoms with Crippen LogP contribution in [0.25, 0.3) is 0 Å². The number of aliphatic hydroxyl groups is 1. The summed E-state index contributed by atoms with van der Waals surface area (Å²) in [5, 5.41) is 17.7. The maximum absolute atomic E-state index is 9.34. The van der Waals surface area contributed by atoms with Gasteiger partial charge in [-0.05, 0) is 19.9 Å². The second-order valence-electron chi connectivity index (χ2n) is 5.15. The third-order valence-corrected chi connectivity index (χ3v) is 3.70. The largest absolute Gasteiger partial charge is 0.496 e. The highest BCUT2D eigenvalue weighted by Gasteiger charge is 2.14. The Labute approximate surface area is 131 Å². The average molecular weight is 304 g/mol. The zero-order chi connectivity index (χ0) is 15.9. The predicted molar refractivity (Wildman–Crippen MR) is 84.6 cm³/mol. The van der Waals surface area contributed by atoms with Gasteiger partial charge in [-0.25, -0.2) is 0 Å². The molecule has 1 heterocycles. The minimum absolute atomic E-state index is 0.106. The van der Waals surface area contributed by atoms with Crippen LogP contribution in [-0.4, -0.2) is 45.0 Å². The summed E-state index contributed by atoms with van der Waals surface area (Å²) >= 11 is 0. The molecule has 1 aromatic heterocycles. The van der Waals surface area contributed by atoms with Crippen LogP contribution in [0.3, 0.4) is 0 Å². The Morgan fingerprint density at radius 1 is 1.23 bits per heavy atom. The van der Waals surface area contributed by atoms with Gasteiger partial charge >= 0.3 is 0 Å². The molecule has 0 atom stereocenters. The number of aliphatic hydroxyl groups excluding tert-OH is 1. The standard InChI is InChI=1S/C16H24N4O2/c1-4-20-13(2)17-18-16(20)12-19(9-10-21)11-14-7-5-6-8-15(14)22-3/h5-8,21H,4,9-12H2,1-3H3. The monoisotopic (exact) mass is 304 g/mol. The highest BCUT2D eigenvalue weighted by molar-refractivity contribution is 5.33. The molecule has 1 aromatic carbocycles. The number of benzene rings is 1. The Kier molecular flexibility index (Phi) is 5.91. The van der Waals surface area contributed by atoms with Crippen LogP contribution in [0, 0.1) is 6.92 Å². The van der Waals surface area contributed by atoms with Gasteiger partial charge in [-0.15, -0.1) is 10.2 Å². The minimum Gasteiger partial charge on any atom is -0.496 e. The number of aryl methyl sites for hydroxylation is 1. The molecule has 6 nitrogen and oxygen atoms in total. The quantitative estimate of drug-likeness (QED) is 0.803. The number of para-hydroxylation sites is 1. The van der Waals surface area contributed by atoms with Gasteiger partial charge in [0, 0.05) is 25.2 Å². The number of methoxy groups -OCH3 is 1. The lowest BCUT2D eigenvalue weighted by atomic mass is 10.2. The van der Waals surface area contributed by atoms with Crippen molar-refractivity contribution in [3.63, 3.8) is 0 Å². The van der Waals surface area contributed by atoms with E-state index in [9.17, 15) is 5.11 Å². The van der Waals surface area contributed by atoms with Gasteiger partial charge in [-0.1, -0.05) is 18.2 Å². The topological polar surface area (TPSA) is 63.4 Å². The van der Waals surface area contributed by atoms with E-state index in [-0.39, 0.29) is 6.61 Å². The molecule has 120 valence electrons. The van der Waals surface area contributed by atoms with Crippen LogP contribution in [0.5, 0.6) is 5.75 Å². The second-order valence-corrected chi connectivity index (χ2v) is 5.15. The highest BCUT2D eigenvalue weighted by atomic mass is 16.5. The number of rotatable bonds is 8. The molecule has 1 N–H and O–H groups in total. The molecule has 0 spiro atoms. The SMILES string of the molecule is CCn1c(C)nnc1CN(CCO)Cc1ccccc1OC. The molecule has 0 aliphatic carbocycles. The van der Waals surface area contributed by atoms with Crippen molar-refractivity contribution in [2.75, 3.05) is 20.3 Å². The lowest BCUT2D eigenvalue weighted by molar-refractivity contribution is 0.178. The first-order chi connectivity index (χ1) is 10.7. The van der Waals surface area contributed by atoms with Crippen LogP contribution in [0.4, 0.5) is 0 Å². The molecule has 0 bridgehead atoms. The fourth-order valence-corrected chi connectivity index (χ4v) is 2.58. The van der Waals surface area contributed by atoms with E-state index in [2.05, 4.69) is 26.6 Å². The number of ether oxygens (including phenoxy) is 1. The summed E-state index contributed by atoms with van der Waals surface area (Å²) in [6.07, 6.45) is 0. The summed E-state index contributed by atoms with van der Waals surface area (Å²) in [4.78, 5) is 2.15. The normalized spacial score (nSPS) is 11.1. The Balaban J connectivity index is 2.16. The van der Waals surface area contributed by atoms with Crippen molar-refractivity contribution in [2.45, 2.75) is 33.5 Å². The van der Waals surface area contributed by atoms with Crippen molar-refractivity contribution in [3.05, 3.63) is 41.5 Å². The van der Waals surface area contributed by atoms with Gasteiger partial charge in [0.2, 0.25) is 0 Å². The summed E-state index contributed by atoms with van der Waals surface area (Å²) in [6.45, 7) is 6.90. The third-order valence-electron chi connectivity index (χ3n) is 3.70. The van der Waals surface area contributed by atoms with Crippen molar-refractivity contribution in [1.29, 1.82) is 0 Å². The molecule has 0 amide bonds. The van der Waals surface area contributed by atoms with Crippen LogP contribution in [0.2, 0.25) is 0 Å². The van der Waals surface area contributed by atoms with Gasteiger partial charge in [-0.3, -0.25) is 4.90 Å². The van der Waals surface area contributed by atoms with Crippen LogP contribution < -0.4 is 4.74 Å². The summed E-state index contributed by atoms with van der Waals surface area (Å²) in [5.74, 6) is 2.70. The van der Waals surface area contributed by atoms with Crippen molar-refractivity contribution < 1.29 is 9.84 Å². The number of hydrogen-bond donors (Lipinski definition) is 1. The van der Waals surface area contributed by atoms with Gasteiger partial charge in [0.15, 0.2) is 0 Å². The van der Waals surface area contributed by atoms with Crippen LogP contribution in [-0.2, 0) is 19.6 Å². The van der Waals surface area contributed by atoms with Crippen molar-refractivity contribution in [2.24, 2.45) is 0 Å². The number of nitrogens with zero attached hydrogens (tertiary/aromatic N) is 4. The molecular weight excluding hydrogens is 280 g/mol. The van der Waals surface area contributed by atoms with Gasteiger partial charge in [-0.2, -0.15) is 0 Å². The molecule has 0 radical (unpaired) electrons. The minimum atomic E-state index is 0.106. The molecule has 0 saturated heterocycles. The van der Waals surface area contributed by atoms with Crippen molar-refractivity contribution >= 4 is 0 Å². The molecule has 0 aliphatic rings. The molecule has 22 heavy (non-hydrogen) atoms. The molecule has 2 rings (SSSR count). The maximum Gasteiger partial charge on any atom is 0.147 e. The van der Waals surface area contributed by atoms with Gasteiger partial charge in [0.05, 0.1) is 20.3 Å². The molecule has 6 heteroatoms. The van der Waals surface area contributed by atoms with E-state index < -0.39 is 0 Å². The van der Waals surface area contributed by atoms with E-state index in [1.54, 1.807) is 7.11 Å². The molecular formula is C16H24N4O2. The summed E-state index contributed by atoms with van der Waals surface area (Å²) in [6, 6.07) is 7.94. The van der Waals surface area contributed by atoms with E-state index in [4.69, 9.17) is 4.74 Å². The molecule has 0 unspecified atom stereocenters. The van der Waals surface area contributed by atoms with Crippen LogP contribution in [0.15, 0.2) is 24.3 Å². The van der Waals surface area contributed by atoms with Gasteiger partial charge in [0.25, 0.3) is 0 Å². The smallest absolute Gasteiger partial charge is 0.147 e. The first-order valence-electron chi connectivity index (χ1n) is 7.53. The summed E-state index contributed by atoms with van der Waals surface area (Å²) < 4.78 is 7.49. The van der Waals surface area contributed by atoms with Crippen molar-refractivity contribution in [1.82, 2.24) is 19.7 Å². The molecule has 0 fully saturated rings. The summed E-state index contributed by atoms with van der Waals surface area (Å²) in [7, 11) is 1.67. The van der Waals surface area contributed by atoms with E-state index in [0.29, 0.717) is 19.6 Å². The first kappa shape index (κ1) is 16.5. The predicted octanol–water partition coefficient (Wildman–Crippen LogP) is 1.61. The van der Waals surface area contributed by atoms with E-state index >= 15 is 0 Å². The Morgan fingerprint density at radius 2 is 2.00 bits per heavy atom. The number of hydrogen-bond acceptors (Lipinski definition) is 5. The number of aromatic nitrogens is 3. The average Bonchev–Trinajstić information content (AvgIpc) is 2.88. The van der Waals surface area contributed by atoms with E-state index in [1.807, 2.05) is 31.2 Å². The maximum atomic E-state index is 9.34. The molecule has 2 aromatic rings. The fraction of sp³-hybridized carbons (Fsp3) is 0.500. The zero-order valence-electron chi connectivity index (χ0n) is 13.5. The lowest BCUT2D eigenvalue weighted by Crippen LogP contribution is -2.28. The summed E-state index contributed by atoms with van der Waals surface area (Å²) in [5.41, 5.74) is 1.10. The third kappa shape index (κ3) is 3.84. The Morgan fingerprint density at radius 3 is 2.68 bits per heavy atom. The van der Waals surface area contributed by atoms with E-state index in [1.165, 1.54) is 0 Å². The van der Waals surface area contributed by atoms with E-state index in [0.717, 1.165) is 29.5 Å². The zero-order valence-corrected chi connectivity index (χ0v) is 13.5. The Bertz CT molecular complexity index is 598. The van der Waals surface area contributed by atoms with Crippen LogP contribution in [0.1, 0.15) is 24.1 Å². The van der Waals surface area contributed by atoms with Gasteiger partial charge < -0.3 is 14.4 Å². The highest BCUT2D eigenvalue weighted by Crippen LogP contribution is 2.20. The fourth-order valence-electron chi connectivity index (χ4n) is 2.58. The Hall–Kier alpha value is -1.92. The van der Waals surface area contributed by atoms with Gasteiger partial charge in [0.1, 0.15) is 17.4 Å². The molecule has 0 aliphatic heterocycles. The second kappa shape index (κ2) is 7.91. The van der Waals surface area contributed by atoms with Crippen molar-refractivity contribution in [3.8, 4) is 5.75 Å². The first-order valence-corrected chi connectivity index (χ1v) is 7.53. The lowest BCUT2D eigenvalue weighted by Gasteiger charge is -2.22. The molecule has 0 saturated carbocycles. The van der Waals surface area contributed by atoms with Crippen LogP contribution >= 0.6 is 0 Å².